The molecule has 152 valence electrons. The maximum Gasteiger partial charge on any atom is 0.224 e. The van der Waals surface area contributed by atoms with Crippen LogP contribution in [-0.2, 0) is 17.9 Å². The Balaban J connectivity index is 1.56. The summed E-state index contributed by atoms with van der Waals surface area (Å²) in [5, 5.41) is 4.36. The smallest absolute Gasteiger partial charge is 0.224 e. The maximum atomic E-state index is 12.9. The molecule has 0 atom stereocenters. The number of amides is 1. The highest BCUT2D eigenvalue weighted by Crippen LogP contribution is 2.40. The first-order valence-electron chi connectivity index (χ1n) is 9.72. The molecule has 0 unspecified atom stereocenters. The standard InChI is InChI=1S/C22H25N3O3S/c1-15-6-8-25(23-15)9-7-21(26)24-10-11-28-22-18(14-24)12-17(13-19(22)27-3)20-5-4-16(2)29-20/h4-6,8,12-13H,7,9-11,14H2,1-3H3. The van der Waals surface area contributed by atoms with E-state index in [9.17, 15) is 4.79 Å². The highest BCUT2D eigenvalue weighted by atomic mass is 32.1. The van der Waals surface area contributed by atoms with Gasteiger partial charge in [-0.15, -0.1) is 11.3 Å². The minimum atomic E-state index is 0.103. The third kappa shape index (κ3) is 4.29. The van der Waals surface area contributed by atoms with E-state index in [0.717, 1.165) is 22.6 Å². The Labute approximate surface area is 174 Å². The third-order valence-corrected chi connectivity index (χ3v) is 6.08. The molecule has 0 aliphatic carbocycles. The number of carbonyl (C=O) groups is 1. The van der Waals surface area contributed by atoms with E-state index >= 15 is 0 Å². The van der Waals surface area contributed by atoms with E-state index in [0.29, 0.717) is 38.4 Å². The van der Waals surface area contributed by atoms with Gasteiger partial charge in [-0.25, -0.2) is 0 Å². The lowest BCUT2D eigenvalue weighted by atomic mass is 10.1. The summed E-state index contributed by atoms with van der Waals surface area (Å²) in [6.45, 7) is 6.15. The first-order chi connectivity index (χ1) is 14.0. The fraction of sp³-hybridized carbons (Fsp3) is 0.364. The van der Waals surface area contributed by atoms with Gasteiger partial charge in [-0.1, -0.05) is 0 Å². The van der Waals surface area contributed by atoms with Crippen molar-refractivity contribution in [3.63, 3.8) is 0 Å². The van der Waals surface area contributed by atoms with Gasteiger partial charge in [-0.2, -0.15) is 5.10 Å². The molecule has 1 aliphatic heterocycles. The van der Waals surface area contributed by atoms with Gasteiger partial charge in [0.2, 0.25) is 5.91 Å². The summed E-state index contributed by atoms with van der Waals surface area (Å²) in [5.41, 5.74) is 3.02. The highest BCUT2D eigenvalue weighted by Gasteiger charge is 2.23. The summed E-state index contributed by atoms with van der Waals surface area (Å²) < 4.78 is 13.4. The topological polar surface area (TPSA) is 56.6 Å². The van der Waals surface area contributed by atoms with Gasteiger partial charge in [-0.3, -0.25) is 9.48 Å². The van der Waals surface area contributed by atoms with E-state index in [1.54, 1.807) is 18.4 Å². The molecule has 3 aromatic rings. The molecule has 0 saturated carbocycles. The quantitative estimate of drug-likeness (QED) is 0.636. The van der Waals surface area contributed by atoms with Gasteiger partial charge in [-0.05, 0) is 49.7 Å². The van der Waals surface area contributed by atoms with E-state index in [4.69, 9.17) is 9.47 Å². The van der Waals surface area contributed by atoms with Crippen LogP contribution in [0.1, 0.15) is 22.6 Å². The largest absolute Gasteiger partial charge is 0.493 e. The lowest BCUT2D eigenvalue weighted by Crippen LogP contribution is -2.33. The number of carbonyl (C=O) groups excluding carboxylic acids is 1. The van der Waals surface area contributed by atoms with Crippen molar-refractivity contribution in [2.45, 2.75) is 33.4 Å². The lowest BCUT2D eigenvalue weighted by molar-refractivity contribution is -0.132. The number of aromatic nitrogens is 2. The second-order valence-corrected chi connectivity index (χ2v) is 8.50. The molecule has 1 amide bonds. The minimum absolute atomic E-state index is 0.103. The first kappa shape index (κ1) is 19.5. The van der Waals surface area contributed by atoms with E-state index in [-0.39, 0.29) is 5.91 Å². The number of hydrogen-bond acceptors (Lipinski definition) is 5. The molecule has 4 rings (SSSR count). The van der Waals surface area contributed by atoms with Crippen molar-refractivity contribution in [1.82, 2.24) is 14.7 Å². The monoisotopic (exact) mass is 411 g/mol. The number of fused-ring (bicyclic) bond motifs is 1. The Bertz CT molecular complexity index is 1020. The van der Waals surface area contributed by atoms with Crippen molar-refractivity contribution in [2.75, 3.05) is 20.3 Å². The van der Waals surface area contributed by atoms with Gasteiger partial charge in [0.05, 0.1) is 19.3 Å². The highest BCUT2D eigenvalue weighted by molar-refractivity contribution is 7.15. The van der Waals surface area contributed by atoms with Crippen molar-refractivity contribution in [2.24, 2.45) is 0 Å². The molecule has 29 heavy (non-hydrogen) atoms. The summed E-state index contributed by atoms with van der Waals surface area (Å²) in [5.74, 6) is 1.55. The van der Waals surface area contributed by atoms with E-state index in [1.807, 2.05) is 34.8 Å². The Hall–Kier alpha value is -2.80. The first-order valence-corrected chi connectivity index (χ1v) is 10.5. The molecule has 6 nitrogen and oxygen atoms in total. The predicted molar refractivity (Wildman–Crippen MR) is 114 cm³/mol. The van der Waals surface area contributed by atoms with E-state index in [1.165, 1.54) is 9.75 Å². The lowest BCUT2D eigenvalue weighted by Gasteiger charge is -2.20. The van der Waals surface area contributed by atoms with Gasteiger partial charge < -0.3 is 14.4 Å². The molecule has 0 saturated heterocycles. The second kappa shape index (κ2) is 8.29. The molecule has 0 spiro atoms. The van der Waals surface area contributed by atoms with E-state index < -0.39 is 0 Å². The van der Waals surface area contributed by atoms with Crippen molar-refractivity contribution in [1.29, 1.82) is 0 Å². The predicted octanol–water partition coefficient (Wildman–Crippen LogP) is 4.05. The molecule has 0 bridgehead atoms. The zero-order valence-electron chi connectivity index (χ0n) is 17.0. The van der Waals surface area contributed by atoms with Crippen LogP contribution in [-0.4, -0.2) is 40.8 Å². The van der Waals surface area contributed by atoms with Crippen LogP contribution in [0.4, 0.5) is 0 Å². The van der Waals surface area contributed by atoms with Crippen LogP contribution in [0.15, 0.2) is 36.5 Å². The molecule has 3 heterocycles. The van der Waals surface area contributed by atoms with Crippen LogP contribution in [0.2, 0.25) is 0 Å². The van der Waals surface area contributed by atoms with Crippen molar-refractivity contribution in [3.8, 4) is 21.9 Å². The van der Waals surface area contributed by atoms with Gasteiger partial charge in [0, 0.05) is 41.0 Å². The van der Waals surface area contributed by atoms with E-state index in [2.05, 4.69) is 30.2 Å². The summed E-state index contributed by atoms with van der Waals surface area (Å²) in [4.78, 5) is 17.2. The van der Waals surface area contributed by atoms with Gasteiger partial charge in [0.1, 0.15) is 6.61 Å². The number of ether oxygens (including phenoxy) is 2. The van der Waals surface area contributed by atoms with Crippen LogP contribution in [0.3, 0.4) is 0 Å². The Kier molecular flexibility index (Phi) is 5.58. The number of aryl methyl sites for hydroxylation is 3. The van der Waals surface area contributed by atoms with Crippen molar-refractivity contribution >= 4 is 17.2 Å². The molecule has 0 fully saturated rings. The maximum absolute atomic E-state index is 12.9. The van der Waals surface area contributed by atoms with Crippen molar-refractivity contribution in [3.05, 3.63) is 52.7 Å². The summed E-state index contributed by atoms with van der Waals surface area (Å²) in [6, 6.07) is 10.3. The average molecular weight is 412 g/mol. The number of methoxy groups -OCH3 is 1. The van der Waals surface area contributed by atoms with Crippen LogP contribution in [0.25, 0.3) is 10.4 Å². The minimum Gasteiger partial charge on any atom is -0.493 e. The van der Waals surface area contributed by atoms with Crippen LogP contribution in [0, 0.1) is 13.8 Å². The number of benzene rings is 1. The summed E-state index contributed by atoms with van der Waals surface area (Å²) >= 11 is 1.74. The Morgan fingerprint density at radius 1 is 1.28 bits per heavy atom. The molecule has 0 radical (unpaired) electrons. The average Bonchev–Trinajstić information content (AvgIpc) is 3.27. The fourth-order valence-corrected chi connectivity index (χ4v) is 4.39. The van der Waals surface area contributed by atoms with Crippen LogP contribution in [0.5, 0.6) is 11.5 Å². The van der Waals surface area contributed by atoms with Crippen LogP contribution < -0.4 is 9.47 Å². The van der Waals surface area contributed by atoms with Crippen molar-refractivity contribution < 1.29 is 14.3 Å². The number of rotatable bonds is 5. The van der Waals surface area contributed by atoms with Gasteiger partial charge in [0.15, 0.2) is 11.5 Å². The zero-order chi connectivity index (χ0) is 20.4. The molecule has 1 aromatic carbocycles. The Morgan fingerprint density at radius 2 is 2.14 bits per heavy atom. The zero-order valence-corrected chi connectivity index (χ0v) is 17.8. The number of thiophene rings is 1. The molecule has 7 heteroatoms. The third-order valence-electron chi connectivity index (χ3n) is 5.03. The molecule has 2 aromatic heterocycles. The Morgan fingerprint density at radius 3 is 2.83 bits per heavy atom. The SMILES string of the molecule is COc1cc(-c2ccc(C)s2)cc2c1OCCN(C(=O)CCn1ccc(C)n1)C2. The summed E-state index contributed by atoms with van der Waals surface area (Å²) in [6.07, 6.45) is 2.32. The second-order valence-electron chi connectivity index (χ2n) is 7.21. The van der Waals surface area contributed by atoms with Gasteiger partial charge in [0.25, 0.3) is 0 Å². The fourth-order valence-electron chi connectivity index (χ4n) is 3.54. The molecule has 1 aliphatic rings. The number of hydrogen-bond donors (Lipinski definition) is 0. The normalized spacial score (nSPS) is 13.6. The number of nitrogens with zero attached hydrogens (tertiary/aromatic N) is 3. The van der Waals surface area contributed by atoms with Crippen LogP contribution >= 0.6 is 11.3 Å². The molecular weight excluding hydrogens is 386 g/mol. The summed E-state index contributed by atoms with van der Waals surface area (Å²) in [7, 11) is 1.66. The molecule has 0 N–H and O–H groups in total. The molecular formula is C22H25N3O3S. The van der Waals surface area contributed by atoms with Gasteiger partial charge >= 0.3 is 0 Å².